The van der Waals surface area contributed by atoms with Crippen molar-refractivity contribution in [2.45, 2.75) is 231 Å². The van der Waals surface area contributed by atoms with Gasteiger partial charge in [0.1, 0.15) is 42.8 Å². The van der Waals surface area contributed by atoms with Crippen LogP contribution in [0.25, 0.3) is 20.9 Å². The molecule has 122 heavy (non-hydrogen) atoms. The Labute approximate surface area is 706 Å². The van der Waals surface area contributed by atoms with E-state index in [0.717, 1.165) is 22.0 Å². The Balaban J connectivity index is 0.000000912. The molecule has 12 N–H and O–H groups in total. The summed E-state index contributed by atoms with van der Waals surface area (Å²) in [6.45, 7) is 3.34. The molecule has 4 heterocycles. The van der Waals surface area contributed by atoms with Crippen molar-refractivity contribution in [3.8, 4) is 0 Å². The number of carboxylic acid groups (broad SMARTS) is 1. The van der Waals surface area contributed by atoms with Gasteiger partial charge in [-0.15, -0.1) is 5.06 Å². The zero-order valence-electron chi connectivity index (χ0n) is 68.3. The van der Waals surface area contributed by atoms with E-state index >= 15 is 0 Å². The largest absolute Gasteiger partial charge is 0.481 e. The number of nitrogens with one attached hydrogen (secondary N) is 7. The molecule has 4 aliphatic heterocycles. The van der Waals surface area contributed by atoms with Crippen LogP contribution in [0.1, 0.15) is 193 Å². The Kier molecular flexibility index (Phi) is 51.7. The highest BCUT2D eigenvalue weighted by Gasteiger charge is 2.39. The number of hydrogen-bond acceptors (Lipinski definition) is 28. The maximum absolute atomic E-state index is 14.1. The molecule has 674 valence electrons. The number of amides is 13. The third kappa shape index (κ3) is 43.2. The molecule has 0 spiro atoms. The lowest BCUT2D eigenvalue weighted by Gasteiger charge is -2.26. The van der Waals surface area contributed by atoms with E-state index in [-0.39, 0.29) is 213 Å². The van der Waals surface area contributed by atoms with Gasteiger partial charge in [-0.1, -0.05) is 87.0 Å². The number of carboxylic acids is 1. The number of carbonyl (C=O) groups excluding carboxylic acids is 18. The van der Waals surface area contributed by atoms with Crippen LogP contribution in [0.5, 0.6) is 0 Å². The molecular formula is C79H118N18O25. The van der Waals surface area contributed by atoms with Crippen LogP contribution in [0, 0.1) is 11.8 Å². The lowest BCUT2D eigenvalue weighted by Crippen LogP contribution is -2.58. The van der Waals surface area contributed by atoms with Crippen LogP contribution in [0.3, 0.4) is 0 Å². The molecule has 3 saturated heterocycles. The SMILES string of the molecule is C.CC1CC(=O)N(CCC(=O)N[C@@H](CCCCNC(=O)CN=[N+]=[N-])C(=O)CCCOCCOCCOCCOCCC(=O)CCCCCC2NC(=O)[C@H](Cc3ccccc3)NC(=O)[C@H](CC(=O)O)NC(=O)CCC(=O)[C@H](CCCCC(N)N)NC2=O)C1=O.[N-]=[N+]=NCC(=O)NCCCC[C@H](CC(=O)CCN1C(=O)C=CC1=O)C(=O)ON1C(=O)CCC1=O. The van der Waals surface area contributed by atoms with Crippen LogP contribution in [0.2, 0.25) is 0 Å². The Hall–Kier alpha value is -11.3. The Morgan fingerprint density at radius 3 is 1.68 bits per heavy atom. The minimum Gasteiger partial charge on any atom is -0.481 e. The molecule has 0 saturated carbocycles. The molecule has 0 aromatic heterocycles. The molecule has 43 nitrogen and oxygen atoms in total. The predicted molar refractivity (Wildman–Crippen MR) is 432 cm³/mol. The summed E-state index contributed by atoms with van der Waals surface area (Å²) >= 11 is 0. The second-order valence-corrected chi connectivity index (χ2v) is 29.1. The number of hydrogen-bond donors (Lipinski definition) is 10. The number of imide groups is 3. The second kappa shape index (κ2) is 60.2. The fraction of sp³-hybridized carbons (Fsp3) is 0.658. The molecule has 5 rings (SSSR count). The van der Waals surface area contributed by atoms with Gasteiger partial charge in [-0.3, -0.25) is 96.1 Å². The van der Waals surface area contributed by atoms with E-state index in [4.69, 9.17) is 46.3 Å². The fourth-order valence-electron chi connectivity index (χ4n) is 12.7. The zero-order chi connectivity index (χ0) is 88.9. The summed E-state index contributed by atoms with van der Waals surface area (Å²) in [5.41, 5.74) is 28.6. The van der Waals surface area contributed by atoms with Crippen LogP contribution in [-0.2, 0) is 121 Å². The number of carbonyl (C=O) groups is 19. The summed E-state index contributed by atoms with van der Waals surface area (Å²) in [7, 11) is 0. The van der Waals surface area contributed by atoms with Gasteiger partial charge in [0.15, 0.2) is 11.6 Å². The van der Waals surface area contributed by atoms with Gasteiger partial charge in [-0.05, 0) is 80.8 Å². The van der Waals surface area contributed by atoms with Crippen molar-refractivity contribution < 1.29 is 120 Å². The molecule has 3 fully saturated rings. The summed E-state index contributed by atoms with van der Waals surface area (Å²) in [6.07, 6.45) is 5.73. The predicted octanol–water partition coefficient (Wildman–Crippen LogP) is 1.72. The van der Waals surface area contributed by atoms with Gasteiger partial charge in [0.05, 0.1) is 76.8 Å². The maximum Gasteiger partial charge on any atom is 0.336 e. The number of hydroxylamine groups is 2. The van der Waals surface area contributed by atoms with Crippen molar-refractivity contribution >= 4 is 112 Å². The number of unbranched alkanes of at least 4 members (excludes halogenated alkanes) is 5. The van der Waals surface area contributed by atoms with Crippen LogP contribution in [0.4, 0.5) is 0 Å². The lowest BCUT2D eigenvalue weighted by molar-refractivity contribution is -0.201. The highest BCUT2D eigenvalue weighted by molar-refractivity contribution is 6.13. The number of ketones is 4. The van der Waals surface area contributed by atoms with Crippen LogP contribution >= 0.6 is 0 Å². The van der Waals surface area contributed by atoms with E-state index in [1.54, 1.807) is 37.3 Å². The van der Waals surface area contributed by atoms with Gasteiger partial charge < -0.3 is 77.6 Å². The third-order valence-corrected chi connectivity index (χ3v) is 19.3. The molecule has 2 unspecified atom stereocenters. The highest BCUT2D eigenvalue weighted by atomic mass is 16.7. The van der Waals surface area contributed by atoms with Crippen molar-refractivity contribution in [3.05, 3.63) is 68.9 Å². The quantitative estimate of drug-likeness (QED) is 0.0111. The van der Waals surface area contributed by atoms with E-state index in [2.05, 4.69) is 57.3 Å². The van der Waals surface area contributed by atoms with Gasteiger partial charge in [0, 0.05) is 138 Å². The molecule has 1 aromatic rings. The first kappa shape index (κ1) is 105. The summed E-state index contributed by atoms with van der Waals surface area (Å²) in [5, 5.41) is 34.7. The molecule has 1 aromatic carbocycles. The average molecular weight is 1720 g/mol. The van der Waals surface area contributed by atoms with E-state index < -0.39 is 150 Å². The monoisotopic (exact) mass is 1720 g/mol. The topological polar surface area (TPSA) is 634 Å². The number of ether oxygens (including phenoxy) is 4. The second-order valence-electron chi connectivity index (χ2n) is 29.1. The van der Waals surface area contributed by atoms with Crippen molar-refractivity contribution in [3.63, 3.8) is 0 Å². The summed E-state index contributed by atoms with van der Waals surface area (Å²) in [4.78, 5) is 250. The number of Topliss-reactive ketones (excluding diaryl/α,β-unsaturated/α-hetero) is 4. The number of rotatable bonds is 57. The van der Waals surface area contributed by atoms with E-state index in [1.807, 2.05) is 0 Å². The van der Waals surface area contributed by atoms with Crippen molar-refractivity contribution in [2.24, 2.45) is 33.5 Å². The van der Waals surface area contributed by atoms with Gasteiger partial charge in [0.25, 0.3) is 23.6 Å². The third-order valence-electron chi connectivity index (χ3n) is 19.3. The molecule has 4 aliphatic rings. The first-order valence-electron chi connectivity index (χ1n) is 40.7. The zero-order valence-corrected chi connectivity index (χ0v) is 68.3. The van der Waals surface area contributed by atoms with E-state index in [0.29, 0.717) is 87.7 Å². The number of azide groups is 2. The van der Waals surface area contributed by atoms with Gasteiger partial charge in [-0.2, -0.15) is 0 Å². The highest BCUT2D eigenvalue weighted by Crippen LogP contribution is 2.23. The van der Waals surface area contributed by atoms with Crippen LogP contribution < -0.4 is 48.7 Å². The van der Waals surface area contributed by atoms with Crippen molar-refractivity contribution in [2.75, 3.05) is 92.1 Å². The number of nitrogens with zero attached hydrogens (tertiary/aromatic N) is 9. The van der Waals surface area contributed by atoms with Crippen LogP contribution in [0.15, 0.2) is 52.7 Å². The summed E-state index contributed by atoms with van der Waals surface area (Å²) in [6, 6.07) is 2.78. The number of nitrogens with two attached hydrogens (primary N) is 2. The standard InChI is InChI=1S/C58H90N12O17.C20H24N6O8.CH4/c1-39-35-53(77)70(58(39)83)26-23-51(75)64-42(17-10-11-25-62-52(76)38-63-69-61)47(72)19-12-27-84-29-31-86-33-34-87-32-30-85-28-24-41(71)15-6-3-7-18-44-55(80)66-43(16-8-9-20-49(59)60)48(73)21-22-50(74)65-46(37-54(78)79)57(82)68-45(56(81)67-44)36-40-13-4-2-5-14-40;21-24-23-12-15(28)22-9-2-1-3-13(20(33)34-26-18(31)6-7-19(26)32)11-14(27)8-10-25-16(29)4-5-17(25)30;/h2,4-5,13-14,39,42-46,49H,3,6-12,15-38,59-60H2,1H3,(H,62,76)(H,64,75)(H,65,74)(H,66,80)(H,67,81)(H,68,82)(H,78,79);4-5,13H,1-3,6-12H2,(H,22,28);1H4/t39?,42-,43-,44?,45-,46-;13-;/m01./s1. The molecule has 13 amide bonds. The first-order valence-corrected chi connectivity index (χ1v) is 40.7. The molecule has 0 bridgehead atoms. The fourth-order valence-corrected chi connectivity index (χ4v) is 12.7. The number of aliphatic carboxylic acids is 1. The summed E-state index contributed by atoms with van der Waals surface area (Å²) in [5.74, 6) is -12.4. The molecule has 0 aliphatic carbocycles. The average Bonchev–Trinajstić information content (AvgIpc) is 1.66. The van der Waals surface area contributed by atoms with E-state index in [9.17, 15) is 96.2 Å². The Morgan fingerprint density at radius 1 is 0.549 bits per heavy atom. The van der Waals surface area contributed by atoms with Gasteiger partial charge >= 0.3 is 11.9 Å². The normalized spacial score (nSPS) is 18.0. The van der Waals surface area contributed by atoms with Crippen molar-refractivity contribution in [1.82, 2.24) is 52.1 Å². The minimum atomic E-state index is -1.57. The molecular weight excluding hydrogens is 1600 g/mol. The maximum atomic E-state index is 14.1. The molecule has 0 radical (unpaired) electrons. The van der Waals surface area contributed by atoms with Crippen molar-refractivity contribution in [1.29, 1.82) is 0 Å². The number of benzene rings is 1. The lowest BCUT2D eigenvalue weighted by atomic mass is 9.95. The van der Waals surface area contributed by atoms with Gasteiger partial charge in [0.2, 0.25) is 53.2 Å². The smallest absolute Gasteiger partial charge is 0.336 e. The van der Waals surface area contributed by atoms with Gasteiger partial charge in [-0.25, -0.2) is 4.79 Å². The number of likely N-dealkylation sites (tertiary alicyclic amines) is 1. The Morgan fingerprint density at radius 2 is 1.09 bits per heavy atom. The first-order chi connectivity index (χ1) is 58.0. The minimum absolute atomic E-state index is 0. The molecule has 43 heteroatoms. The van der Waals surface area contributed by atoms with E-state index in [1.165, 1.54) is 0 Å². The van der Waals surface area contributed by atoms with Crippen LogP contribution in [-0.4, -0.2) is 260 Å². The molecule has 7 atom stereocenters. The summed E-state index contributed by atoms with van der Waals surface area (Å²) < 4.78 is 22.3. The Bertz CT molecular complexity index is 3800.